The van der Waals surface area contributed by atoms with Crippen LogP contribution in [0.3, 0.4) is 0 Å². The topological polar surface area (TPSA) is 69.1 Å². The molecule has 6 nitrogen and oxygen atoms in total. The van der Waals surface area contributed by atoms with Crippen LogP contribution in [0.25, 0.3) is 10.9 Å². The Hall–Kier alpha value is -1.73. The summed E-state index contributed by atoms with van der Waals surface area (Å²) in [4.78, 5) is 8.94. The van der Waals surface area contributed by atoms with E-state index in [0.717, 1.165) is 48.3 Å². The zero-order chi connectivity index (χ0) is 22.2. The number of β-amino-alcohol motifs (C(OH)–C–C–N with tert-alkyl or cyclic N) is 1. The number of nitrogens with zero attached hydrogens (tertiary/aromatic N) is 3. The van der Waals surface area contributed by atoms with E-state index >= 15 is 0 Å². The van der Waals surface area contributed by atoms with Gasteiger partial charge in [0, 0.05) is 43.8 Å². The predicted molar refractivity (Wildman–Crippen MR) is 125 cm³/mol. The zero-order valence-electron chi connectivity index (χ0n) is 19.3. The number of hydrogen-bond donors (Lipinski definition) is 2. The summed E-state index contributed by atoms with van der Waals surface area (Å²) in [5, 5.41) is 22.7. The van der Waals surface area contributed by atoms with E-state index in [9.17, 15) is 10.2 Å². The maximum Gasteiger partial charge on any atom is 0.119 e. The van der Waals surface area contributed by atoms with Crippen molar-refractivity contribution >= 4 is 10.9 Å². The Morgan fingerprint density at radius 2 is 1.97 bits per heavy atom. The van der Waals surface area contributed by atoms with Crippen LogP contribution < -0.4 is 4.74 Å². The van der Waals surface area contributed by atoms with Crippen LogP contribution in [0.1, 0.15) is 64.0 Å². The number of fused-ring (bicyclic) bond motifs is 1. The van der Waals surface area contributed by atoms with Gasteiger partial charge in [-0.15, -0.1) is 0 Å². The minimum absolute atomic E-state index is 0.269. The van der Waals surface area contributed by atoms with Gasteiger partial charge < -0.3 is 14.9 Å². The third kappa shape index (κ3) is 6.39. The Labute approximate surface area is 186 Å². The molecule has 2 aromatic rings. The standard InChI is InChI=1S/C25H39N3O3/c1-4-5-6-7-8-14-28-17-19(2)27(15-12-25(28)30)18-24(29)21-11-13-26-23-10-9-20(31-3)16-22(21)23/h9-11,13,16,19,24-25,29-30H,4-8,12,14-15,17-18H2,1-3H3. The summed E-state index contributed by atoms with van der Waals surface area (Å²) in [5.41, 5.74) is 1.72. The fourth-order valence-electron chi connectivity index (χ4n) is 4.58. The predicted octanol–water partition coefficient (Wildman–Crippen LogP) is 3.96. The molecule has 1 aliphatic heterocycles. The summed E-state index contributed by atoms with van der Waals surface area (Å²) in [6.07, 6.45) is 7.61. The molecule has 1 saturated heterocycles. The lowest BCUT2D eigenvalue weighted by atomic mass is 10.0. The van der Waals surface area contributed by atoms with Gasteiger partial charge in [0.05, 0.1) is 18.7 Å². The molecule has 2 N–H and O–H groups in total. The van der Waals surface area contributed by atoms with Crippen molar-refractivity contribution in [1.82, 2.24) is 14.8 Å². The Morgan fingerprint density at radius 3 is 2.74 bits per heavy atom. The number of methoxy groups -OCH3 is 1. The molecule has 6 heteroatoms. The van der Waals surface area contributed by atoms with E-state index in [-0.39, 0.29) is 6.04 Å². The van der Waals surface area contributed by atoms with Crippen LogP contribution in [0.15, 0.2) is 30.5 Å². The number of aliphatic hydroxyl groups excluding tert-OH is 2. The number of ether oxygens (including phenoxy) is 1. The lowest BCUT2D eigenvalue weighted by Gasteiger charge is -2.31. The number of rotatable bonds is 10. The Morgan fingerprint density at radius 1 is 1.16 bits per heavy atom. The summed E-state index contributed by atoms with van der Waals surface area (Å²) in [7, 11) is 1.65. The van der Waals surface area contributed by atoms with Crippen molar-refractivity contribution in [2.75, 3.05) is 33.3 Å². The third-order valence-corrected chi connectivity index (χ3v) is 6.52. The van der Waals surface area contributed by atoms with Crippen molar-refractivity contribution in [3.63, 3.8) is 0 Å². The molecule has 1 aliphatic rings. The molecular formula is C25H39N3O3. The van der Waals surface area contributed by atoms with Gasteiger partial charge in [-0.1, -0.05) is 32.6 Å². The second kappa shape index (κ2) is 11.8. The minimum Gasteiger partial charge on any atom is -0.497 e. The van der Waals surface area contributed by atoms with E-state index in [0.29, 0.717) is 13.0 Å². The maximum absolute atomic E-state index is 11.1. The second-order valence-corrected chi connectivity index (χ2v) is 8.82. The molecule has 0 radical (unpaired) electrons. The first kappa shape index (κ1) is 23.9. The van der Waals surface area contributed by atoms with Crippen molar-refractivity contribution in [1.29, 1.82) is 0 Å². The van der Waals surface area contributed by atoms with Crippen molar-refractivity contribution in [3.05, 3.63) is 36.0 Å². The summed E-state index contributed by atoms with van der Waals surface area (Å²) >= 11 is 0. The molecule has 3 unspecified atom stereocenters. The third-order valence-electron chi connectivity index (χ3n) is 6.52. The normalized spacial score (nSPS) is 21.8. The smallest absolute Gasteiger partial charge is 0.119 e. The number of hydrogen-bond acceptors (Lipinski definition) is 6. The highest BCUT2D eigenvalue weighted by molar-refractivity contribution is 5.83. The Balaban J connectivity index is 1.64. The molecule has 1 aromatic heterocycles. The lowest BCUT2D eigenvalue weighted by Crippen LogP contribution is -2.42. The van der Waals surface area contributed by atoms with Crippen LogP contribution in [0.2, 0.25) is 0 Å². The van der Waals surface area contributed by atoms with E-state index in [1.807, 2.05) is 24.3 Å². The second-order valence-electron chi connectivity index (χ2n) is 8.82. The van der Waals surface area contributed by atoms with Crippen LogP contribution in [-0.4, -0.2) is 70.6 Å². The van der Waals surface area contributed by atoms with Crippen molar-refractivity contribution in [2.24, 2.45) is 0 Å². The molecule has 172 valence electrons. The van der Waals surface area contributed by atoms with E-state index in [1.165, 1.54) is 25.7 Å². The van der Waals surface area contributed by atoms with Crippen LogP contribution in [0.5, 0.6) is 5.75 Å². The molecule has 0 amide bonds. The van der Waals surface area contributed by atoms with Gasteiger partial charge in [0.1, 0.15) is 12.0 Å². The summed E-state index contributed by atoms with van der Waals surface area (Å²) in [6.45, 7) is 7.51. The maximum atomic E-state index is 11.1. The highest BCUT2D eigenvalue weighted by Crippen LogP contribution is 2.28. The molecule has 0 saturated carbocycles. The summed E-state index contributed by atoms with van der Waals surface area (Å²) in [5.74, 6) is 0.759. The largest absolute Gasteiger partial charge is 0.497 e. The minimum atomic E-state index is -0.627. The first-order valence-electron chi connectivity index (χ1n) is 11.8. The molecule has 3 atom stereocenters. The van der Waals surface area contributed by atoms with Crippen LogP contribution in [-0.2, 0) is 0 Å². The highest BCUT2D eigenvalue weighted by atomic mass is 16.5. The molecular weight excluding hydrogens is 390 g/mol. The van der Waals surface area contributed by atoms with E-state index in [4.69, 9.17) is 4.74 Å². The van der Waals surface area contributed by atoms with Crippen molar-refractivity contribution in [3.8, 4) is 5.75 Å². The van der Waals surface area contributed by atoms with Gasteiger partial charge in [0.15, 0.2) is 0 Å². The fourth-order valence-corrected chi connectivity index (χ4v) is 4.58. The van der Waals surface area contributed by atoms with Gasteiger partial charge in [-0.05, 0) is 49.6 Å². The molecule has 2 heterocycles. The van der Waals surface area contributed by atoms with Crippen LogP contribution >= 0.6 is 0 Å². The highest BCUT2D eigenvalue weighted by Gasteiger charge is 2.28. The molecule has 0 aliphatic carbocycles. The fraction of sp³-hybridized carbons (Fsp3) is 0.640. The van der Waals surface area contributed by atoms with Crippen LogP contribution in [0.4, 0.5) is 0 Å². The molecule has 31 heavy (non-hydrogen) atoms. The van der Waals surface area contributed by atoms with Gasteiger partial charge in [-0.3, -0.25) is 14.8 Å². The summed E-state index contributed by atoms with van der Waals surface area (Å²) < 4.78 is 5.36. The molecule has 3 rings (SSSR count). The lowest BCUT2D eigenvalue weighted by molar-refractivity contribution is 0.00380. The number of aliphatic hydroxyl groups is 2. The average Bonchev–Trinajstić information content (AvgIpc) is 2.91. The zero-order valence-corrected chi connectivity index (χ0v) is 19.3. The van der Waals surface area contributed by atoms with Gasteiger partial charge in [0.2, 0.25) is 0 Å². The van der Waals surface area contributed by atoms with Crippen molar-refractivity contribution in [2.45, 2.75) is 70.7 Å². The monoisotopic (exact) mass is 429 g/mol. The number of benzene rings is 1. The van der Waals surface area contributed by atoms with Gasteiger partial charge in [0.25, 0.3) is 0 Å². The Kier molecular flexibility index (Phi) is 9.08. The molecule has 0 bridgehead atoms. The SMILES string of the molecule is CCCCCCCN1CC(C)N(CC(O)c2ccnc3ccc(OC)cc23)CCC1O. The molecule has 1 fully saturated rings. The summed E-state index contributed by atoms with van der Waals surface area (Å²) in [6, 6.07) is 7.92. The number of unbranched alkanes of at least 4 members (excludes halogenated alkanes) is 4. The Bertz CT molecular complexity index is 816. The average molecular weight is 430 g/mol. The van der Waals surface area contributed by atoms with E-state index < -0.39 is 12.3 Å². The van der Waals surface area contributed by atoms with Gasteiger partial charge in [-0.2, -0.15) is 0 Å². The number of aromatic nitrogens is 1. The van der Waals surface area contributed by atoms with E-state index in [1.54, 1.807) is 13.3 Å². The first-order chi connectivity index (χ1) is 15.0. The number of pyridine rings is 1. The molecule has 0 spiro atoms. The quantitative estimate of drug-likeness (QED) is 0.557. The van der Waals surface area contributed by atoms with E-state index in [2.05, 4.69) is 28.6 Å². The van der Waals surface area contributed by atoms with Gasteiger partial charge in [-0.25, -0.2) is 0 Å². The van der Waals surface area contributed by atoms with Gasteiger partial charge >= 0.3 is 0 Å². The van der Waals surface area contributed by atoms with Crippen molar-refractivity contribution < 1.29 is 14.9 Å². The molecule has 1 aromatic carbocycles. The van der Waals surface area contributed by atoms with Crippen LogP contribution in [0, 0.1) is 0 Å². The first-order valence-corrected chi connectivity index (χ1v) is 11.8.